The molecule has 2 nitrogen and oxygen atoms in total. The third-order valence-corrected chi connectivity index (χ3v) is 3.84. The first kappa shape index (κ1) is 16.3. The van der Waals surface area contributed by atoms with Gasteiger partial charge < -0.3 is 5.11 Å². The summed E-state index contributed by atoms with van der Waals surface area (Å²) in [5.41, 5.74) is 1.83. The van der Waals surface area contributed by atoms with Crippen molar-refractivity contribution in [3.05, 3.63) is 35.4 Å². The van der Waals surface area contributed by atoms with Crippen LogP contribution in [0.15, 0.2) is 24.3 Å². The molecule has 5 heteroatoms. The minimum Gasteiger partial charge on any atom is -0.387 e. The topological polar surface area (TPSA) is 23.5 Å². The molecule has 118 valence electrons. The van der Waals surface area contributed by atoms with Gasteiger partial charge >= 0.3 is 6.18 Å². The van der Waals surface area contributed by atoms with E-state index in [1.807, 2.05) is 12.1 Å². The zero-order valence-corrected chi connectivity index (χ0v) is 12.4. The van der Waals surface area contributed by atoms with Crippen molar-refractivity contribution < 1.29 is 18.3 Å². The van der Waals surface area contributed by atoms with Crippen LogP contribution in [0.5, 0.6) is 0 Å². The molecule has 0 aromatic heterocycles. The van der Waals surface area contributed by atoms with Crippen LogP contribution in [0, 0.1) is 0 Å². The van der Waals surface area contributed by atoms with Gasteiger partial charge in [0.1, 0.15) is 0 Å². The molecular weight excluding hydrogens is 279 g/mol. The summed E-state index contributed by atoms with van der Waals surface area (Å²) in [6.45, 7) is 3.23. The van der Waals surface area contributed by atoms with Crippen molar-refractivity contribution in [2.24, 2.45) is 0 Å². The van der Waals surface area contributed by atoms with Crippen molar-refractivity contribution in [2.45, 2.75) is 50.9 Å². The predicted molar refractivity (Wildman–Crippen MR) is 76.1 cm³/mol. The van der Waals surface area contributed by atoms with Gasteiger partial charge in [0.25, 0.3) is 0 Å². The maximum atomic E-state index is 12.6. The fraction of sp³-hybridized carbons (Fsp3) is 0.625. The largest absolute Gasteiger partial charge is 0.401 e. The Morgan fingerprint density at radius 1 is 1.14 bits per heavy atom. The van der Waals surface area contributed by atoms with E-state index in [0.29, 0.717) is 11.5 Å². The second kappa shape index (κ2) is 6.36. The molecule has 1 aromatic carbocycles. The van der Waals surface area contributed by atoms with Crippen LogP contribution >= 0.6 is 0 Å². The summed E-state index contributed by atoms with van der Waals surface area (Å²) in [6, 6.07) is 7.43. The molecule has 1 unspecified atom stereocenters. The molecule has 0 spiro atoms. The molecule has 1 saturated carbocycles. The summed E-state index contributed by atoms with van der Waals surface area (Å²) in [5.74, 6) is 0.393. The van der Waals surface area contributed by atoms with Gasteiger partial charge in [0.15, 0.2) is 0 Å². The standard InChI is InChI=1S/C16H22F3NO/c1-11(2)12-3-5-13(6-4-12)15(21)9-20(14-7-8-14)10-16(17,18)19/h3-6,11,14-15,21H,7-10H2,1-2H3. The molecule has 1 fully saturated rings. The average Bonchev–Trinajstić information content (AvgIpc) is 3.20. The van der Waals surface area contributed by atoms with Crippen LogP contribution < -0.4 is 0 Å². The van der Waals surface area contributed by atoms with E-state index >= 15 is 0 Å². The van der Waals surface area contributed by atoms with E-state index in [2.05, 4.69) is 13.8 Å². The van der Waals surface area contributed by atoms with Crippen LogP contribution in [-0.2, 0) is 0 Å². The number of hydrogen-bond acceptors (Lipinski definition) is 2. The van der Waals surface area contributed by atoms with Crippen LogP contribution in [0.1, 0.15) is 49.8 Å². The third kappa shape index (κ3) is 5.00. The fourth-order valence-electron chi connectivity index (χ4n) is 2.44. The van der Waals surface area contributed by atoms with Crippen LogP contribution in [0.2, 0.25) is 0 Å². The number of benzene rings is 1. The van der Waals surface area contributed by atoms with E-state index < -0.39 is 18.8 Å². The number of hydrogen-bond donors (Lipinski definition) is 1. The fourth-order valence-corrected chi connectivity index (χ4v) is 2.44. The molecule has 1 N–H and O–H groups in total. The van der Waals surface area contributed by atoms with Crippen LogP contribution in [0.4, 0.5) is 13.2 Å². The van der Waals surface area contributed by atoms with E-state index in [1.54, 1.807) is 12.1 Å². The van der Waals surface area contributed by atoms with Gasteiger partial charge in [0.2, 0.25) is 0 Å². The summed E-state index contributed by atoms with van der Waals surface area (Å²) in [6.07, 6.45) is -3.53. The van der Waals surface area contributed by atoms with Gasteiger partial charge in [-0.15, -0.1) is 0 Å². The molecule has 0 aliphatic heterocycles. The summed E-state index contributed by atoms with van der Waals surface area (Å²) in [5, 5.41) is 10.2. The van der Waals surface area contributed by atoms with Crippen molar-refractivity contribution in [2.75, 3.05) is 13.1 Å². The lowest BCUT2D eigenvalue weighted by Crippen LogP contribution is -2.38. The van der Waals surface area contributed by atoms with Crippen LogP contribution in [0.25, 0.3) is 0 Å². The second-order valence-electron chi connectivity index (χ2n) is 6.11. The summed E-state index contributed by atoms with van der Waals surface area (Å²) < 4.78 is 37.7. The molecule has 0 radical (unpaired) electrons. The molecule has 2 rings (SSSR count). The van der Waals surface area contributed by atoms with Crippen LogP contribution in [-0.4, -0.2) is 35.3 Å². The van der Waals surface area contributed by atoms with E-state index in [9.17, 15) is 18.3 Å². The SMILES string of the molecule is CC(C)c1ccc(C(O)CN(CC(F)(F)F)C2CC2)cc1. The molecule has 1 aliphatic carbocycles. The lowest BCUT2D eigenvalue weighted by atomic mass is 10.00. The second-order valence-corrected chi connectivity index (χ2v) is 6.11. The van der Waals surface area contributed by atoms with Crippen molar-refractivity contribution in [1.82, 2.24) is 4.90 Å². The Morgan fingerprint density at radius 3 is 2.10 bits per heavy atom. The van der Waals surface area contributed by atoms with E-state index in [0.717, 1.165) is 18.4 Å². The summed E-state index contributed by atoms with van der Waals surface area (Å²) in [4.78, 5) is 1.35. The minimum atomic E-state index is -4.22. The molecule has 21 heavy (non-hydrogen) atoms. The zero-order valence-electron chi connectivity index (χ0n) is 12.4. The van der Waals surface area contributed by atoms with Gasteiger partial charge in [0, 0.05) is 12.6 Å². The lowest BCUT2D eigenvalue weighted by Gasteiger charge is -2.26. The van der Waals surface area contributed by atoms with Gasteiger partial charge in [-0.3, -0.25) is 4.90 Å². The number of halogens is 3. The Bertz CT molecular complexity index is 452. The van der Waals surface area contributed by atoms with Crippen LogP contribution in [0.3, 0.4) is 0 Å². The first-order valence-corrected chi connectivity index (χ1v) is 7.35. The van der Waals surface area contributed by atoms with E-state index in [-0.39, 0.29) is 12.6 Å². The molecule has 0 bridgehead atoms. The Morgan fingerprint density at radius 2 is 1.67 bits per heavy atom. The van der Waals surface area contributed by atoms with Gasteiger partial charge in [-0.05, 0) is 29.9 Å². The lowest BCUT2D eigenvalue weighted by molar-refractivity contribution is -0.149. The Hall–Kier alpha value is -1.07. The first-order chi connectivity index (χ1) is 9.76. The zero-order chi connectivity index (χ0) is 15.6. The highest BCUT2D eigenvalue weighted by atomic mass is 19.4. The van der Waals surface area contributed by atoms with Crippen molar-refractivity contribution >= 4 is 0 Å². The average molecular weight is 301 g/mol. The minimum absolute atomic E-state index is 0.0313. The number of rotatable bonds is 6. The molecular formula is C16H22F3NO. The molecule has 1 aliphatic rings. The first-order valence-electron chi connectivity index (χ1n) is 7.35. The number of alkyl halides is 3. The van der Waals surface area contributed by atoms with Crippen molar-refractivity contribution in [1.29, 1.82) is 0 Å². The molecule has 0 heterocycles. The number of aliphatic hydroxyl groups is 1. The van der Waals surface area contributed by atoms with E-state index in [1.165, 1.54) is 4.90 Å². The monoisotopic (exact) mass is 301 g/mol. The van der Waals surface area contributed by atoms with Crippen molar-refractivity contribution in [3.8, 4) is 0 Å². The Kier molecular flexibility index (Phi) is 4.94. The molecule has 1 aromatic rings. The normalized spacial score (nSPS) is 17.5. The maximum Gasteiger partial charge on any atom is 0.401 e. The van der Waals surface area contributed by atoms with Gasteiger partial charge in [-0.2, -0.15) is 13.2 Å². The quantitative estimate of drug-likeness (QED) is 0.862. The Balaban J connectivity index is 1.99. The van der Waals surface area contributed by atoms with Gasteiger partial charge in [0.05, 0.1) is 12.6 Å². The maximum absolute atomic E-state index is 12.6. The smallest absolute Gasteiger partial charge is 0.387 e. The Labute approximate surface area is 123 Å². The highest BCUT2D eigenvalue weighted by Gasteiger charge is 2.38. The van der Waals surface area contributed by atoms with Crippen molar-refractivity contribution in [3.63, 3.8) is 0 Å². The summed E-state index contributed by atoms with van der Waals surface area (Å²) >= 11 is 0. The highest BCUT2D eigenvalue weighted by molar-refractivity contribution is 5.26. The molecule has 0 amide bonds. The predicted octanol–water partition coefficient (Wildman–Crippen LogP) is 3.87. The summed E-state index contributed by atoms with van der Waals surface area (Å²) in [7, 11) is 0. The number of aliphatic hydroxyl groups excluding tert-OH is 1. The third-order valence-electron chi connectivity index (χ3n) is 3.84. The van der Waals surface area contributed by atoms with Gasteiger partial charge in [-0.1, -0.05) is 38.1 Å². The molecule has 1 atom stereocenters. The molecule has 0 saturated heterocycles. The number of nitrogens with zero attached hydrogens (tertiary/aromatic N) is 1. The van der Waals surface area contributed by atoms with Gasteiger partial charge in [-0.25, -0.2) is 0 Å². The van der Waals surface area contributed by atoms with E-state index in [4.69, 9.17) is 0 Å². The highest BCUT2D eigenvalue weighted by Crippen LogP contribution is 2.32.